The maximum absolute atomic E-state index is 4.32. The van der Waals surface area contributed by atoms with Gasteiger partial charge in [-0.25, -0.2) is 4.98 Å². The van der Waals surface area contributed by atoms with E-state index in [1.165, 1.54) is 18.4 Å². The Morgan fingerprint density at radius 1 is 1.33 bits per heavy atom. The molecule has 0 saturated carbocycles. The van der Waals surface area contributed by atoms with Crippen LogP contribution in [-0.2, 0) is 5.41 Å². The third-order valence-corrected chi connectivity index (χ3v) is 3.05. The zero-order valence-corrected chi connectivity index (χ0v) is 9.70. The first kappa shape index (κ1) is 10.2. The Hall–Kier alpha value is -1.31. The Kier molecular flexibility index (Phi) is 2.51. The molecule has 0 amide bonds. The summed E-state index contributed by atoms with van der Waals surface area (Å²) in [7, 11) is 0. The Morgan fingerprint density at radius 2 is 2.13 bits per heavy atom. The molecule has 0 fully saturated rings. The molecule has 2 aromatic rings. The van der Waals surface area contributed by atoms with E-state index < -0.39 is 0 Å². The van der Waals surface area contributed by atoms with Gasteiger partial charge in [0, 0.05) is 18.6 Å². The molecule has 15 heavy (non-hydrogen) atoms. The van der Waals surface area contributed by atoms with Crippen LogP contribution in [0.4, 0.5) is 0 Å². The van der Waals surface area contributed by atoms with Crippen LogP contribution in [0.5, 0.6) is 0 Å². The molecular formula is C13H18N2. The summed E-state index contributed by atoms with van der Waals surface area (Å²) in [6.07, 6.45) is 8.34. The summed E-state index contributed by atoms with van der Waals surface area (Å²) in [4.78, 5) is 4.32. The summed E-state index contributed by atoms with van der Waals surface area (Å²) >= 11 is 0. The summed E-state index contributed by atoms with van der Waals surface area (Å²) < 4.78 is 2.05. The highest BCUT2D eigenvalue weighted by molar-refractivity contribution is 5.43. The first-order valence-electron chi connectivity index (χ1n) is 5.57. The summed E-state index contributed by atoms with van der Waals surface area (Å²) in [5, 5.41) is 0. The lowest BCUT2D eigenvalue weighted by molar-refractivity contribution is 0.473. The van der Waals surface area contributed by atoms with Crippen LogP contribution >= 0.6 is 0 Å². The Labute approximate surface area is 91.0 Å². The minimum absolute atomic E-state index is 0.252. The lowest BCUT2D eigenvalue weighted by atomic mass is 9.81. The highest BCUT2D eigenvalue weighted by atomic mass is 15.0. The third kappa shape index (κ3) is 1.89. The topological polar surface area (TPSA) is 17.3 Å². The predicted octanol–water partition coefficient (Wildman–Crippen LogP) is 3.41. The highest BCUT2D eigenvalue weighted by Crippen LogP contribution is 2.28. The van der Waals surface area contributed by atoms with Crippen LogP contribution in [0.1, 0.15) is 39.2 Å². The molecule has 80 valence electrons. The number of pyridine rings is 1. The maximum atomic E-state index is 4.32. The lowest BCUT2D eigenvalue weighted by Gasteiger charge is -2.24. The second-order valence-electron chi connectivity index (χ2n) is 4.74. The quantitative estimate of drug-likeness (QED) is 0.745. The number of aromatic nitrogens is 2. The van der Waals surface area contributed by atoms with E-state index in [1.54, 1.807) is 0 Å². The zero-order chi connectivity index (χ0) is 10.9. The van der Waals surface area contributed by atoms with Gasteiger partial charge in [0.15, 0.2) is 0 Å². The molecule has 2 heterocycles. The van der Waals surface area contributed by atoms with E-state index in [0.717, 1.165) is 5.65 Å². The number of nitrogens with zero attached hydrogens (tertiary/aromatic N) is 2. The molecule has 0 unspecified atom stereocenters. The van der Waals surface area contributed by atoms with E-state index in [9.17, 15) is 0 Å². The van der Waals surface area contributed by atoms with Crippen molar-refractivity contribution in [2.75, 3.05) is 0 Å². The molecule has 2 nitrogen and oxygen atoms in total. The van der Waals surface area contributed by atoms with Crippen molar-refractivity contribution in [2.24, 2.45) is 0 Å². The van der Waals surface area contributed by atoms with Crippen molar-refractivity contribution in [3.63, 3.8) is 0 Å². The van der Waals surface area contributed by atoms with Gasteiger partial charge in [-0.15, -0.1) is 0 Å². The second kappa shape index (κ2) is 3.69. The van der Waals surface area contributed by atoms with Crippen molar-refractivity contribution in [3.8, 4) is 0 Å². The van der Waals surface area contributed by atoms with Crippen LogP contribution < -0.4 is 0 Å². The summed E-state index contributed by atoms with van der Waals surface area (Å²) in [6, 6.07) is 4.39. The van der Waals surface area contributed by atoms with Crippen molar-refractivity contribution in [3.05, 3.63) is 36.3 Å². The van der Waals surface area contributed by atoms with Crippen molar-refractivity contribution >= 4 is 5.65 Å². The average molecular weight is 202 g/mol. The van der Waals surface area contributed by atoms with Crippen molar-refractivity contribution in [1.82, 2.24) is 9.38 Å². The number of hydrogen-bond acceptors (Lipinski definition) is 1. The monoisotopic (exact) mass is 202 g/mol. The molecular weight excluding hydrogens is 184 g/mol. The first-order valence-corrected chi connectivity index (χ1v) is 5.57. The van der Waals surface area contributed by atoms with Gasteiger partial charge >= 0.3 is 0 Å². The molecule has 2 aromatic heterocycles. The van der Waals surface area contributed by atoms with Gasteiger partial charge in [0.25, 0.3) is 0 Å². The van der Waals surface area contributed by atoms with Crippen molar-refractivity contribution in [1.29, 1.82) is 0 Å². The minimum Gasteiger partial charge on any atom is -0.307 e. The van der Waals surface area contributed by atoms with Crippen LogP contribution in [0.15, 0.2) is 30.7 Å². The first-order chi connectivity index (χ1) is 7.13. The van der Waals surface area contributed by atoms with Gasteiger partial charge in [0.2, 0.25) is 0 Å². The van der Waals surface area contributed by atoms with E-state index in [1.807, 2.05) is 16.8 Å². The van der Waals surface area contributed by atoms with E-state index in [2.05, 4.69) is 44.1 Å². The molecule has 2 heteroatoms. The van der Waals surface area contributed by atoms with Crippen LogP contribution in [0.2, 0.25) is 0 Å². The normalized spacial score (nSPS) is 12.2. The summed E-state index contributed by atoms with van der Waals surface area (Å²) in [5.74, 6) is 0. The van der Waals surface area contributed by atoms with Gasteiger partial charge in [0.05, 0.1) is 0 Å². The molecule has 0 radical (unpaired) electrons. The minimum atomic E-state index is 0.252. The van der Waals surface area contributed by atoms with E-state index in [4.69, 9.17) is 0 Å². The molecule has 0 bridgehead atoms. The second-order valence-corrected chi connectivity index (χ2v) is 4.74. The van der Waals surface area contributed by atoms with Gasteiger partial charge in [-0.05, 0) is 29.5 Å². The Balaban J connectivity index is 2.42. The SMILES string of the molecule is CCCC(C)(C)c1ccn2ccnc2c1. The lowest BCUT2D eigenvalue weighted by Crippen LogP contribution is -2.16. The fourth-order valence-corrected chi connectivity index (χ4v) is 2.10. The van der Waals surface area contributed by atoms with Gasteiger partial charge < -0.3 is 4.40 Å². The van der Waals surface area contributed by atoms with Gasteiger partial charge in [-0.3, -0.25) is 0 Å². The van der Waals surface area contributed by atoms with Gasteiger partial charge in [0.1, 0.15) is 5.65 Å². The molecule has 0 aliphatic rings. The average Bonchev–Trinajstić information content (AvgIpc) is 2.63. The van der Waals surface area contributed by atoms with Gasteiger partial charge in [-0.1, -0.05) is 27.2 Å². The molecule has 0 N–H and O–H groups in total. The molecule has 0 aliphatic heterocycles. The third-order valence-electron chi connectivity index (χ3n) is 3.05. The molecule has 0 saturated heterocycles. The fourth-order valence-electron chi connectivity index (χ4n) is 2.10. The number of rotatable bonds is 3. The number of fused-ring (bicyclic) bond motifs is 1. The van der Waals surface area contributed by atoms with Crippen LogP contribution in [0.3, 0.4) is 0 Å². The molecule has 2 rings (SSSR count). The molecule has 0 aliphatic carbocycles. The molecule has 0 aromatic carbocycles. The number of hydrogen-bond donors (Lipinski definition) is 0. The van der Waals surface area contributed by atoms with Crippen LogP contribution in [-0.4, -0.2) is 9.38 Å². The summed E-state index contributed by atoms with van der Waals surface area (Å²) in [5.41, 5.74) is 2.67. The molecule has 0 spiro atoms. The fraction of sp³-hybridized carbons (Fsp3) is 0.462. The van der Waals surface area contributed by atoms with E-state index in [-0.39, 0.29) is 5.41 Å². The van der Waals surface area contributed by atoms with E-state index >= 15 is 0 Å². The molecule has 0 atom stereocenters. The van der Waals surface area contributed by atoms with E-state index in [0.29, 0.717) is 0 Å². The summed E-state index contributed by atoms with van der Waals surface area (Å²) in [6.45, 7) is 6.83. The van der Waals surface area contributed by atoms with Crippen LogP contribution in [0.25, 0.3) is 5.65 Å². The Bertz CT molecular complexity index is 454. The van der Waals surface area contributed by atoms with Gasteiger partial charge in [-0.2, -0.15) is 0 Å². The standard InChI is InChI=1S/C13H18N2/c1-4-6-13(2,3)11-5-8-15-9-7-14-12(15)10-11/h5,7-10H,4,6H2,1-3H3. The van der Waals surface area contributed by atoms with Crippen molar-refractivity contribution in [2.45, 2.75) is 39.0 Å². The Morgan fingerprint density at radius 3 is 2.87 bits per heavy atom. The predicted molar refractivity (Wildman–Crippen MR) is 63.1 cm³/mol. The maximum Gasteiger partial charge on any atom is 0.136 e. The van der Waals surface area contributed by atoms with Crippen LogP contribution in [0, 0.1) is 0 Å². The van der Waals surface area contributed by atoms with Crippen molar-refractivity contribution < 1.29 is 0 Å². The highest BCUT2D eigenvalue weighted by Gasteiger charge is 2.19. The largest absolute Gasteiger partial charge is 0.307 e. The number of imidazole rings is 1. The smallest absolute Gasteiger partial charge is 0.136 e. The zero-order valence-electron chi connectivity index (χ0n) is 9.70.